The Morgan fingerprint density at radius 3 is 2.67 bits per heavy atom. The number of amides is 1. The van der Waals surface area contributed by atoms with Crippen LogP contribution in [0.2, 0.25) is 10.0 Å². The van der Waals surface area contributed by atoms with Gasteiger partial charge in [0.25, 0.3) is 5.91 Å². The molecule has 0 saturated carbocycles. The maximum Gasteiger partial charge on any atom is 0.341 e. The predicted molar refractivity (Wildman–Crippen MR) is 108 cm³/mol. The summed E-state index contributed by atoms with van der Waals surface area (Å²) in [5.74, 6) is -0.553. The Balaban J connectivity index is 1.78. The predicted octanol–water partition coefficient (Wildman–Crippen LogP) is 5.40. The second-order valence-electron chi connectivity index (χ2n) is 5.43. The van der Waals surface area contributed by atoms with Crippen molar-refractivity contribution in [2.24, 2.45) is 0 Å². The number of thiophene rings is 1. The summed E-state index contributed by atoms with van der Waals surface area (Å²) in [6.45, 7) is 1.71. The lowest BCUT2D eigenvalue weighted by Gasteiger charge is -2.09. The van der Waals surface area contributed by atoms with Crippen LogP contribution in [0.5, 0.6) is 5.75 Å². The second kappa shape index (κ2) is 8.61. The first-order chi connectivity index (χ1) is 13.0. The number of fused-ring (bicyclic) bond motifs is 1. The summed E-state index contributed by atoms with van der Waals surface area (Å²) in [5.41, 5.74) is 0.343. The Morgan fingerprint density at radius 2 is 1.93 bits per heavy atom. The summed E-state index contributed by atoms with van der Waals surface area (Å²) in [4.78, 5) is 24.7. The molecule has 0 atom stereocenters. The van der Waals surface area contributed by atoms with Gasteiger partial charge in [0.15, 0.2) is 6.61 Å². The van der Waals surface area contributed by atoms with Crippen molar-refractivity contribution in [2.75, 3.05) is 18.5 Å². The molecule has 5 nitrogen and oxygen atoms in total. The van der Waals surface area contributed by atoms with Gasteiger partial charge in [0.1, 0.15) is 16.3 Å². The lowest BCUT2D eigenvalue weighted by atomic mass is 10.1. The van der Waals surface area contributed by atoms with Crippen LogP contribution in [0.25, 0.3) is 10.1 Å². The Morgan fingerprint density at radius 1 is 1.15 bits per heavy atom. The molecule has 3 aromatic rings. The van der Waals surface area contributed by atoms with Crippen molar-refractivity contribution in [1.82, 2.24) is 0 Å². The summed E-state index contributed by atoms with van der Waals surface area (Å²) in [5, 5.41) is 4.66. The Hall–Kier alpha value is -2.28. The summed E-state index contributed by atoms with van der Waals surface area (Å²) in [7, 11) is 0. The molecule has 1 heterocycles. The Labute approximate surface area is 169 Å². The fourth-order valence-electron chi connectivity index (χ4n) is 2.44. The zero-order chi connectivity index (χ0) is 19.4. The van der Waals surface area contributed by atoms with E-state index in [9.17, 15) is 9.59 Å². The molecule has 27 heavy (non-hydrogen) atoms. The number of nitrogens with one attached hydrogen (secondary N) is 1. The molecule has 0 spiro atoms. The molecule has 3 rings (SSSR count). The van der Waals surface area contributed by atoms with Crippen molar-refractivity contribution >= 4 is 61.5 Å². The number of carbonyl (C=O) groups is 2. The first-order valence-electron chi connectivity index (χ1n) is 8.06. The van der Waals surface area contributed by atoms with Crippen LogP contribution in [-0.4, -0.2) is 25.1 Å². The highest BCUT2D eigenvalue weighted by molar-refractivity contribution is 7.23. The minimum absolute atomic E-state index is 0.245. The van der Waals surface area contributed by atoms with Crippen molar-refractivity contribution in [3.63, 3.8) is 0 Å². The Bertz CT molecular complexity index is 1000. The van der Waals surface area contributed by atoms with E-state index < -0.39 is 11.9 Å². The van der Waals surface area contributed by atoms with Crippen molar-refractivity contribution in [2.45, 2.75) is 6.92 Å². The lowest BCUT2D eigenvalue weighted by Crippen LogP contribution is -2.21. The summed E-state index contributed by atoms with van der Waals surface area (Å²) < 4.78 is 11.4. The van der Waals surface area contributed by atoms with Crippen molar-refractivity contribution < 1.29 is 19.1 Å². The third-order valence-corrected chi connectivity index (χ3v) is 5.20. The molecule has 8 heteroatoms. The number of hydrogen-bond acceptors (Lipinski definition) is 5. The molecule has 1 N–H and O–H groups in total. The molecule has 0 aliphatic heterocycles. The largest absolute Gasteiger partial charge is 0.482 e. The summed E-state index contributed by atoms with van der Waals surface area (Å²) in [6, 6.07) is 12.1. The van der Waals surface area contributed by atoms with Gasteiger partial charge in [-0.25, -0.2) is 4.79 Å². The number of ether oxygens (including phenoxy) is 2. The van der Waals surface area contributed by atoms with E-state index in [0.29, 0.717) is 26.4 Å². The van der Waals surface area contributed by atoms with Crippen LogP contribution in [0.15, 0.2) is 42.5 Å². The van der Waals surface area contributed by atoms with Crippen LogP contribution in [0.1, 0.15) is 17.3 Å². The molecule has 0 radical (unpaired) electrons. The van der Waals surface area contributed by atoms with E-state index in [4.69, 9.17) is 32.7 Å². The number of hydrogen-bond donors (Lipinski definition) is 1. The van der Waals surface area contributed by atoms with Crippen LogP contribution < -0.4 is 10.1 Å². The summed E-state index contributed by atoms with van der Waals surface area (Å²) >= 11 is 13.2. The van der Waals surface area contributed by atoms with E-state index in [0.717, 1.165) is 10.1 Å². The first-order valence-corrected chi connectivity index (χ1v) is 9.63. The van der Waals surface area contributed by atoms with E-state index in [1.165, 1.54) is 17.4 Å². The fourth-order valence-corrected chi connectivity index (χ4v) is 4.01. The van der Waals surface area contributed by atoms with Crippen LogP contribution in [0.3, 0.4) is 0 Å². The van der Waals surface area contributed by atoms with Gasteiger partial charge in [-0.15, -0.1) is 11.3 Å². The minimum Gasteiger partial charge on any atom is -0.482 e. The highest BCUT2D eigenvalue weighted by Crippen LogP contribution is 2.36. The Kier molecular flexibility index (Phi) is 6.21. The first kappa shape index (κ1) is 19.5. The van der Waals surface area contributed by atoms with E-state index >= 15 is 0 Å². The van der Waals surface area contributed by atoms with Gasteiger partial charge in [-0.1, -0.05) is 41.4 Å². The molecule has 140 valence electrons. The third-order valence-electron chi connectivity index (χ3n) is 3.58. The van der Waals surface area contributed by atoms with Gasteiger partial charge in [-0.2, -0.15) is 0 Å². The number of benzene rings is 2. The molecular weight excluding hydrogens is 409 g/mol. The van der Waals surface area contributed by atoms with Crippen LogP contribution >= 0.6 is 34.5 Å². The second-order valence-corrected chi connectivity index (χ2v) is 7.33. The number of rotatable bonds is 6. The number of esters is 1. The molecule has 0 bridgehead atoms. The molecule has 0 saturated heterocycles. The molecule has 0 aliphatic carbocycles. The zero-order valence-corrected chi connectivity index (χ0v) is 16.6. The van der Waals surface area contributed by atoms with Crippen molar-refractivity contribution in [3.8, 4) is 5.75 Å². The van der Waals surface area contributed by atoms with Gasteiger partial charge < -0.3 is 14.8 Å². The van der Waals surface area contributed by atoms with Gasteiger partial charge in [0, 0.05) is 15.1 Å². The number of carbonyl (C=O) groups excluding carboxylic acids is 2. The molecule has 0 aliphatic rings. The van der Waals surface area contributed by atoms with Gasteiger partial charge in [-0.05, 0) is 31.2 Å². The van der Waals surface area contributed by atoms with Crippen LogP contribution in [-0.2, 0) is 9.53 Å². The quantitative estimate of drug-likeness (QED) is 0.538. The summed E-state index contributed by atoms with van der Waals surface area (Å²) in [6.07, 6.45) is 0. The molecule has 1 aromatic heterocycles. The molecule has 0 unspecified atom stereocenters. The highest BCUT2D eigenvalue weighted by Gasteiger charge is 2.21. The fraction of sp³-hybridized carbons (Fsp3) is 0.158. The molecule has 1 amide bonds. The third kappa shape index (κ3) is 4.53. The van der Waals surface area contributed by atoms with E-state index in [1.54, 1.807) is 19.1 Å². The van der Waals surface area contributed by atoms with Crippen molar-refractivity contribution in [1.29, 1.82) is 0 Å². The van der Waals surface area contributed by atoms with E-state index in [2.05, 4.69) is 5.32 Å². The topological polar surface area (TPSA) is 64.6 Å². The van der Waals surface area contributed by atoms with E-state index in [1.807, 2.05) is 24.3 Å². The van der Waals surface area contributed by atoms with Crippen LogP contribution in [0.4, 0.5) is 5.00 Å². The SMILES string of the molecule is CCOC(=O)c1c(NC(=O)COc2ccc(Cl)cc2Cl)sc2ccccc12. The maximum atomic E-state index is 12.3. The minimum atomic E-state index is -0.480. The molecule has 0 fully saturated rings. The zero-order valence-electron chi connectivity index (χ0n) is 14.3. The van der Waals surface area contributed by atoms with Crippen LogP contribution in [0, 0.1) is 0 Å². The smallest absolute Gasteiger partial charge is 0.341 e. The van der Waals surface area contributed by atoms with Gasteiger partial charge >= 0.3 is 5.97 Å². The van der Waals surface area contributed by atoms with Gasteiger partial charge in [-0.3, -0.25) is 4.79 Å². The monoisotopic (exact) mass is 423 g/mol. The maximum absolute atomic E-state index is 12.3. The molecule has 2 aromatic carbocycles. The molecular formula is C19H15Cl2NO4S. The van der Waals surface area contributed by atoms with Gasteiger partial charge in [0.05, 0.1) is 11.6 Å². The average Bonchev–Trinajstić information content (AvgIpc) is 2.99. The average molecular weight is 424 g/mol. The van der Waals surface area contributed by atoms with E-state index in [-0.39, 0.29) is 13.2 Å². The lowest BCUT2D eigenvalue weighted by molar-refractivity contribution is -0.118. The number of halogens is 2. The standard InChI is InChI=1S/C19H15Cl2NO4S/c1-2-25-19(24)17-12-5-3-4-6-15(12)27-18(17)22-16(23)10-26-14-8-7-11(20)9-13(14)21/h3-9H,2,10H2,1H3,(H,22,23). The van der Waals surface area contributed by atoms with Crippen molar-refractivity contribution in [3.05, 3.63) is 58.1 Å². The number of anilines is 1. The highest BCUT2D eigenvalue weighted by atomic mass is 35.5. The normalized spacial score (nSPS) is 10.6. The van der Waals surface area contributed by atoms with Gasteiger partial charge in [0.2, 0.25) is 0 Å².